The van der Waals surface area contributed by atoms with Gasteiger partial charge in [-0.15, -0.1) is 0 Å². The van der Waals surface area contributed by atoms with E-state index in [1.165, 1.54) is 24.8 Å². The fourth-order valence-corrected chi connectivity index (χ4v) is 3.27. The molecule has 0 radical (unpaired) electrons. The van der Waals surface area contributed by atoms with E-state index in [9.17, 15) is 0 Å². The van der Waals surface area contributed by atoms with Gasteiger partial charge in [-0.2, -0.15) is 9.97 Å². The second kappa shape index (κ2) is 5.19. The van der Waals surface area contributed by atoms with E-state index in [0.29, 0.717) is 11.8 Å². The van der Waals surface area contributed by atoms with Crippen molar-refractivity contribution in [2.45, 2.75) is 44.4 Å². The van der Waals surface area contributed by atoms with Gasteiger partial charge in [-0.1, -0.05) is 49.6 Å². The van der Waals surface area contributed by atoms with E-state index in [-0.39, 0.29) is 5.41 Å². The van der Waals surface area contributed by atoms with E-state index in [1.807, 2.05) is 13.0 Å². The van der Waals surface area contributed by atoms with Crippen LogP contribution in [0.15, 0.2) is 30.3 Å². The number of aromatic nitrogens is 3. The Morgan fingerprint density at radius 1 is 0.950 bits per heavy atom. The van der Waals surface area contributed by atoms with Crippen LogP contribution >= 0.6 is 0 Å². The van der Waals surface area contributed by atoms with Crippen molar-refractivity contribution in [2.24, 2.45) is 0 Å². The topological polar surface area (TPSA) is 64.7 Å². The molecule has 1 saturated carbocycles. The molecular weight excluding hydrogens is 248 g/mol. The molecule has 20 heavy (non-hydrogen) atoms. The van der Waals surface area contributed by atoms with Crippen LogP contribution in [0.4, 0.5) is 5.95 Å². The molecule has 3 rings (SSSR count). The van der Waals surface area contributed by atoms with Gasteiger partial charge in [-0.05, 0) is 25.3 Å². The van der Waals surface area contributed by atoms with Crippen molar-refractivity contribution in [1.82, 2.24) is 15.0 Å². The van der Waals surface area contributed by atoms with E-state index < -0.39 is 0 Å². The molecule has 0 bridgehead atoms. The fourth-order valence-electron chi connectivity index (χ4n) is 3.27. The van der Waals surface area contributed by atoms with Gasteiger partial charge in [0.2, 0.25) is 5.95 Å². The lowest BCUT2D eigenvalue weighted by molar-refractivity contribution is 0.329. The lowest BCUT2D eigenvalue weighted by Crippen LogP contribution is -2.33. The minimum atomic E-state index is -0.0959. The first kappa shape index (κ1) is 13.0. The van der Waals surface area contributed by atoms with Crippen LogP contribution in [0, 0.1) is 6.92 Å². The van der Waals surface area contributed by atoms with E-state index in [1.54, 1.807) is 0 Å². The highest BCUT2D eigenvalue weighted by atomic mass is 15.1. The molecule has 1 aliphatic carbocycles. The van der Waals surface area contributed by atoms with Crippen LogP contribution in [0.3, 0.4) is 0 Å². The number of rotatable bonds is 2. The summed E-state index contributed by atoms with van der Waals surface area (Å²) in [4.78, 5) is 13.2. The summed E-state index contributed by atoms with van der Waals surface area (Å²) in [6.45, 7) is 1.88. The van der Waals surface area contributed by atoms with Gasteiger partial charge in [0, 0.05) is 0 Å². The number of nitrogens with two attached hydrogens (primary N) is 1. The van der Waals surface area contributed by atoms with Gasteiger partial charge in [0.15, 0.2) is 0 Å². The van der Waals surface area contributed by atoms with Gasteiger partial charge < -0.3 is 5.73 Å². The molecule has 0 aliphatic heterocycles. The highest BCUT2D eigenvalue weighted by Gasteiger charge is 2.38. The van der Waals surface area contributed by atoms with Crippen molar-refractivity contribution in [2.75, 3.05) is 5.73 Å². The number of nitrogens with zero attached hydrogens (tertiary/aromatic N) is 3. The van der Waals surface area contributed by atoms with Gasteiger partial charge in [-0.25, -0.2) is 4.98 Å². The third-order valence-corrected chi connectivity index (χ3v) is 4.23. The van der Waals surface area contributed by atoms with E-state index in [0.717, 1.165) is 18.7 Å². The Balaban J connectivity index is 2.15. The predicted molar refractivity (Wildman–Crippen MR) is 79.3 cm³/mol. The minimum Gasteiger partial charge on any atom is -0.368 e. The first-order valence-corrected chi connectivity index (χ1v) is 7.25. The molecule has 1 aromatic carbocycles. The number of benzene rings is 1. The summed E-state index contributed by atoms with van der Waals surface area (Å²) in [5.41, 5.74) is 7.04. The molecule has 2 aromatic rings. The predicted octanol–water partition coefficient (Wildman–Crippen LogP) is 3.01. The maximum Gasteiger partial charge on any atom is 0.223 e. The van der Waals surface area contributed by atoms with Gasteiger partial charge in [0.25, 0.3) is 0 Å². The summed E-state index contributed by atoms with van der Waals surface area (Å²) in [6.07, 6.45) is 5.87. The van der Waals surface area contributed by atoms with Crippen molar-refractivity contribution in [1.29, 1.82) is 0 Å². The standard InChI is InChI=1S/C16H20N4/c1-12-18-14(20-15(17)19-12)16(10-6-3-7-11-16)13-8-4-2-5-9-13/h2,4-5,8-9H,3,6-7,10-11H2,1H3,(H2,17,18,19,20). The van der Waals surface area contributed by atoms with E-state index >= 15 is 0 Å². The van der Waals surface area contributed by atoms with Crippen molar-refractivity contribution < 1.29 is 0 Å². The Bertz CT molecular complexity index is 568. The summed E-state index contributed by atoms with van der Waals surface area (Å²) in [7, 11) is 0. The van der Waals surface area contributed by atoms with Gasteiger partial charge in [-0.3, -0.25) is 0 Å². The molecule has 1 heterocycles. The van der Waals surface area contributed by atoms with Crippen LogP contribution in [0.1, 0.15) is 49.3 Å². The SMILES string of the molecule is Cc1nc(N)nc(C2(c3ccccc3)CCCCC2)n1. The zero-order valence-electron chi connectivity index (χ0n) is 11.8. The number of aryl methyl sites for hydroxylation is 1. The van der Waals surface area contributed by atoms with Crippen LogP contribution in [0.25, 0.3) is 0 Å². The summed E-state index contributed by atoms with van der Waals surface area (Å²) in [5, 5.41) is 0. The molecule has 0 saturated heterocycles. The normalized spacial score (nSPS) is 17.9. The van der Waals surface area contributed by atoms with Crippen LogP contribution in [-0.4, -0.2) is 15.0 Å². The zero-order chi connectivity index (χ0) is 14.0. The molecule has 0 spiro atoms. The Morgan fingerprint density at radius 2 is 1.65 bits per heavy atom. The number of nitrogen functional groups attached to an aromatic ring is 1. The highest BCUT2D eigenvalue weighted by molar-refractivity contribution is 5.35. The van der Waals surface area contributed by atoms with Crippen LogP contribution in [0.2, 0.25) is 0 Å². The molecule has 2 N–H and O–H groups in total. The fraction of sp³-hybridized carbons (Fsp3) is 0.438. The highest BCUT2D eigenvalue weighted by Crippen LogP contribution is 2.43. The Kier molecular flexibility index (Phi) is 3.38. The molecule has 1 aliphatic rings. The molecule has 4 heteroatoms. The summed E-state index contributed by atoms with van der Waals surface area (Å²) >= 11 is 0. The van der Waals surface area contributed by atoms with Gasteiger partial charge in [0.1, 0.15) is 11.6 Å². The Morgan fingerprint density at radius 3 is 2.30 bits per heavy atom. The van der Waals surface area contributed by atoms with Gasteiger partial charge >= 0.3 is 0 Å². The lowest BCUT2D eigenvalue weighted by Gasteiger charge is -2.36. The Labute approximate surface area is 119 Å². The van der Waals surface area contributed by atoms with Crippen molar-refractivity contribution in [3.8, 4) is 0 Å². The molecule has 0 atom stereocenters. The molecule has 0 amide bonds. The summed E-state index contributed by atoms with van der Waals surface area (Å²) in [6, 6.07) is 10.6. The molecule has 1 fully saturated rings. The number of hydrogen-bond acceptors (Lipinski definition) is 4. The molecule has 1 aromatic heterocycles. The molecule has 104 valence electrons. The molecule has 0 unspecified atom stereocenters. The van der Waals surface area contributed by atoms with Crippen LogP contribution in [0.5, 0.6) is 0 Å². The maximum atomic E-state index is 5.84. The molecule has 4 nitrogen and oxygen atoms in total. The van der Waals surface area contributed by atoms with Crippen molar-refractivity contribution in [3.63, 3.8) is 0 Å². The largest absolute Gasteiger partial charge is 0.368 e. The van der Waals surface area contributed by atoms with Gasteiger partial charge in [0.05, 0.1) is 5.41 Å². The molecular formula is C16H20N4. The quantitative estimate of drug-likeness (QED) is 0.909. The monoisotopic (exact) mass is 268 g/mol. The third-order valence-electron chi connectivity index (χ3n) is 4.23. The lowest BCUT2D eigenvalue weighted by atomic mass is 9.69. The average Bonchev–Trinajstić information content (AvgIpc) is 2.48. The maximum absolute atomic E-state index is 5.84. The van der Waals surface area contributed by atoms with E-state index in [2.05, 4.69) is 39.2 Å². The van der Waals surface area contributed by atoms with E-state index in [4.69, 9.17) is 5.73 Å². The zero-order valence-corrected chi connectivity index (χ0v) is 11.8. The second-order valence-corrected chi connectivity index (χ2v) is 5.57. The minimum absolute atomic E-state index is 0.0959. The van der Waals surface area contributed by atoms with Crippen molar-refractivity contribution in [3.05, 3.63) is 47.5 Å². The Hall–Kier alpha value is -1.97. The van der Waals surface area contributed by atoms with Crippen molar-refractivity contribution >= 4 is 5.95 Å². The summed E-state index contributed by atoms with van der Waals surface area (Å²) < 4.78 is 0. The number of hydrogen-bond donors (Lipinski definition) is 1. The third kappa shape index (κ3) is 2.26. The first-order valence-electron chi connectivity index (χ1n) is 7.25. The van der Waals surface area contributed by atoms with Crippen LogP contribution < -0.4 is 5.73 Å². The average molecular weight is 268 g/mol. The smallest absolute Gasteiger partial charge is 0.223 e. The van der Waals surface area contributed by atoms with Crippen LogP contribution in [-0.2, 0) is 5.41 Å². The summed E-state index contributed by atoms with van der Waals surface area (Å²) in [5.74, 6) is 1.87. The second-order valence-electron chi connectivity index (χ2n) is 5.57. The first-order chi connectivity index (χ1) is 9.71. The number of anilines is 1.